The monoisotopic (exact) mass is 641 g/mol. The smallest absolute Gasteiger partial charge is 0.219 e. The number of halogens is 1. The molecule has 4 aromatic rings. The number of thiophene rings is 1. The molecule has 0 amide bonds. The van der Waals surface area contributed by atoms with Crippen molar-refractivity contribution in [2.75, 3.05) is 63.2 Å². The molecule has 4 heterocycles. The van der Waals surface area contributed by atoms with Crippen molar-refractivity contribution >= 4 is 22.9 Å². The third-order valence-electron chi connectivity index (χ3n) is 10.6. The molecule has 1 saturated carbocycles. The molecule has 2 aromatic heterocycles. The molecular formula is C38H48FN5OS. The third-order valence-corrected chi connectivity index (χ3v) is 11.5. The van der Waals surface area contributed by atoms with Gasteiger partial charge in [0.2, 0.25) is 11.8 Å². The third kappa shape index (κ3) is 6.90. The second-order valence-corrected chi connectivity index (χ2v) is 14.7. The Labute approximate surface area is 277 Å². The van der Waals surface area contributed by atoms with E-state index in [1.807, 2.05) is 23.5 Å². The van der Waals surface area contributed by atoms with Gasteiger partial charge in [0.15, 0.2) is 0 Å². The van der Waals surface area contributed by atoms with Crippen LogP contribution in [-0.2, 0) is 6.42 Å². The summed E-state index contributed by atoms with van der Waals surface area (Å²) in [6.45, 7) is 5.78. The number of nitrogens with zero attached hydrogens (tertiary/aromatic N) is 5. The summed E-state index contributed by atoms with van der Waals surface area (Å²) in [7, 11) is 4.47. The topological polar surface area (TPSA) is 39.0 Å². The van der Waals surface area contributed by atoms with Crippen LogP contribution >= 0.6 is 11.3 Å². The lowest BCUT2D eigenvalue weighted by molar-refractivity contribution is 0.0646. The molecule has 3 fully saturated rings. The molecule has 0 spiro atoms. The average Bonchev–Trinajstić information content (AvgIpc) is 3.87. The molecule has 2 unspecified atom stereocenters. The highest BCUT2D eigenvalue weighted by Gasteiger charge is 2.40. The summed E-state index contributed by atoms with van der Waals surface area (Å²) in [5.74, 6) is 2.87. The lowest BCUT2D eigenvalue weighted by atomic mass is 9.74. The molecule has 7 rings (SSSR count). The van der Waals surface area contributed by atoms with Gasteiger partial charge in [-0.15, -0.1) is 11.3 Å². The average molecular weight is 642 g/mol. The second kappa shape index (κ2) is 14.3. The van der Waals surface area contributed by atoms with Crippen LogP contribution in [0.25, 0.3) is 0 Å². The molecule has 0 bridgehead atoms. The van der Waals surface area contributed by atoms with Gasteiger partial charge in [0.1, 0.15) is 11.5 Å². The Morgan fingerprint density at radius 3 is 2.17 bits per heavy atom. The molecule has 6 nitrogen and oxygen atoms in total. The molecule has 2 atom stereocenters. The van der Waals surface area contributed by atoms with Gasteiger partial charge in [-0.3, -0.25) is 4.90 Å². The fourth-order valence-electron chi connectivity index (χ4n) is 8.27. The minimum Gasteiger partial charge on any atom is -0.423 e. The van der Waals surface area contributed by atoms with Gasteiger partial charge in [-0.2, -0.15) is 0 Å². The van der Waals surface area contributed by atoms with Crippen molar-refractivity contribution < 1.29 is 8.81 Å². The van der Waals surface area contributed by atoms with Crippen LogP contribution in [0.1, 0.15) is 72.6 Å². The van der Waals surface area contributed by atoms with E-state index in [4.69, 9.17) is 9.40 Å². The Morgan fingerprint density at radius 2 is 1.52 bits per heavy atom. The highest BCUT2D eigenvalue weighted by molar-refractivity contribution is 7.10. The van der Waals surface area contributed by atoms with Crippen molar-refractivity contribution in [2.45, 2.75) is 57.0 Å². The number of piperazine rings is 1. The molecular weight excluding hydrogens is 594 g/mol. The highest BCUT2D eigenvalue weighted by Crippen LogP contribution is 2.46. The molecule has 3 aliphatic rings. The molecule has 1 aliphatic carbocycles. The van der Waals surface area contributed by atoms with Crippen LogP contribution in [0.2, 0.25) is 0 Å². The number of oxazole rings is 1. The van der Waals surface area contributed by atoms with Crippen molar-refractivity contribution in [2.24, 2.45) is 11.8 Å². The summed E-state index contributed by atoms with van der Waals surface area (Å²) in [6.07, 6.45) is 7.99. The number of anilines is 2. The van der Waals surface area contributed by atoms with E-state index < -0.39 is 0 Å². The Kier molecular flexibility index (Phi) is 9.75. The van der Waals surface area contributed by atoms with Crippen LogP contribution in [0.4, 0.5) is 16.0 Å². The van der Waals surface area contributed by atoms with Crippen molar-refractivity contribution in [3.05, 3.63) is 100.0 Å². The fraction of sp³-hybridized carbons (Fsp3) is 0.500. The summed E-state index contributed by atoms with van der Waals surface area (Å²) in [4.78, 5) is 16.8. The number of hydrogen-bond acceptors (Lipinski definition) is 7. The normalized spacial score (nSPS) is 22.4. The number of rotatable bonds is 10. The zero-order chi connectivity index (χ0) is 31.5. The van der Waals surface area contributed by atoms with Crippen LogP contribution in [-0.4, -0.2) is 68.1 Å². The first kappa shape index (κ1) is 31.4. The Bertz CT molecular complexity index is 1500. The van der Waals surface area contributed by atoms with Crippen molar-refractivity contribution in [3.8, 4) is 0 Å². The molecule has 244 valence electrons. The summed E-state index contributed by atoms with van der Waals surface area (Å²) >= 11 is 1.89. The van der Waals surface area contributed by atoms with Crippen LogP contribution in [0, 0.1) is 17.7 Å². The predicted octanol–water partition coefficient (Wildman–Crippen LogP) is 8.04. The first-order valence-electron chi connectivity index (χ1n) is 17.3. The van der Waals surface area contributed by atoms with Crippen LogP contribution in [0.15, 0.2) is 76.5 Å². The number of aromatic nitrogens is 1. The predicted molar refractivity (Wildman–Crippen MR) is 186 cm³/mol. The minimum absolute atomic E-state index is 0.154. The van der Waals surface area contributed by atoms with E-state index in [1.165, 1.54) is 49.0 Å². The molecule has 8 heteroatoms. The quantitative estimate of drug-likeness (QED) is 0.175. The fourth-order valence-corrected chi connectivity index (χ4v) is 9.28. The van der Waals surface area contributed by atoms with Crippen LogP contribution in [0.5, 0.6) is 0 Å². The number of benzene rings is 2. The molecule has 2 aromatic carbocycles. The molecule has 0 radical (unpaired) electrons. The zero-order valence-electron chi connectivity index (χ0n) is 27.4. The van der Waals surface area contributed by atoms with E-state index in [2.05, 4.69) is 81.5 Å². The minimum atomic E-state index is -0.183. The van der Waals surface area contributed by atoms with Gasteiger partial charge in [0.05, 0.1) is 6.04 Å². The van der Waals surface area contributed by atoms with E-state index in [0.29, 0.717) is 17.9 Å². The van der Waals surface area contributed by atoms with Gasteiger partial charge >= 0.3 is 0 Å². The lowest BCUT2D eigenvalue weighted by Crippen LogP contribution is -2.49. The van der Waals surface area contributed by atoms with Gasteiger partial charge < -0.3 is 19.1 Å². The first-order valence-corrected chi connectivity index (χ1v) is 18.1. The summed E-state index contributed by atoms with van der Waals surface area (Å²) in [6, 6.07) is 22.8. The van der Waals surface area contributed by atoms with Crippen LogP contribution < -0.4 is 9.80 Å². The van der Waals surface area contributed by atoms with E-state index >= 15 is 0 Å². The molecule has 2 saturated heterocycles. The van der Waals surface area contributed by atoms with Gasteiger partial charge in [-0.1, -0.05) is 36.4 Å². The molecule has 2 aliphatic heterocycles. The lowest BCUT2D eigenvalue weighted by Gasteiger charge is -2.44. The summed E-state index contributed by atoms with van der Waals surface area (Å²) in [5.41, 5.74) is 3.45. The van der Waals surface area contributed by atoms with Gasteiger partial charge in [-0.25, -0.2) is 9.37 Å². The van der Waals surface area contributed by atoms with E-state index in [-0.39, 0.29) is 11.9 Å². The van der Waals surface area contributed by atoms with E-state index in [0.717, 1.165) is 68.8 Å². The van der Waals surface area contributed by atoms with Crippen LogP contribution in [0.3, 0.4) is 0 Å². The summed E-state index contributed by atoms with van der Waals surface area (Å²) in [5, 5.41) is 2.21. The SMILES string of the molecule is CN(C)C(c1cccs1)C1CCC(C(c2nc(Cc3ccccc3)c(N3CCCC3)o2)N2CCN(c3ccc(F)cc3)CC2)CC1. The van der Waals surface area contributed by atoms with Crippen molar-refractivity contribution in [1.82, 2.24) is 14.8 Å². The van der Waals surface area contributed by atoms with E-state index in [9.17, 15) is 4.39 Å². The largest absolute Gasteiger partial charge is 0.423 e. The van der Waals surface area contributed by atoms with Crippen molar-refractivity contribution in [1.29, 1.82) is 0 Å². The molecule has 46 heavy (non-hydrogen) atoms. The van der Waals surface area contributed by atoms with Crippen molar-refractivity contribution in [3.63, 3.8) is 0 Å². The first-order chi connectivity index (χ1) is 22.5. The summed E-state index contributed by atoms with van der Waals surface area (Å²) < 4.78 is 20.6. The zero-order valence-corrected chi connectivity index (χ0v) is 28.2. The molecule has 0 N–H and O–H groups in total. The highest BCUT2D eigenvalue weighted by atomic mass is 32.1. The van der Waals surface area contributed by atoms with E-state index in [1.54, 1.807) is 12.1 Å². The van der Waals surface area contributed by atoms with Gasteiger partial charge in [-0.05, 0) is 106 Å². The standard InChI is InChI=1S/C38H48FN5OS/c1-41(2)35(34-11-8-26-46-34)29-12-14-30(15-13-29)36(43-24-22-42(23-25-43)32-18-16-31(39)17-19-32)37-40-33(27-28-9-4-3-5-10-28)38(45-37)44-20-6-7-21-44/h3-5,8-11,16-19,26,29-30,35-36H,6-7,12-15,20-25,27H2,1-2H3. The maximum absolute atomic E-state index is 13.7. The Hall–Kier alpha value is -3.20. The Balaban J connectivity index is 1.16. The second-order valence-electron chi connectivity index (χ2n) is 13.7. The maximum atomic E-state index is 13.7. The Morgan fingerprint density at radius 1 is 0.826 bits per heavy atom. The maximum Gasteiger partial charge on any atom is 0.219 e. The number of hydrogen-bond donors (Lipinski definition) is 0. The van der Waals surface area contributed by atoms with Gasteiger partial charge in [0, 0.05) is 62.3 Å². The van der Waals surface area contributed by atoms with Gasteiger partial charge in [0.25, 0.3) is 0 Å².